The van der Waals surface area contributed by atoms with Gasteiger partial charge in [0.2, 0.25) is 5.43 Å². The molecule has 2 N–H and O–H groups in total. The summed E-state index contributed by atoms with van der Waals surface area (Å²) in [6.45, 7) is 2.27. The summed E-state index contributed by atoms with van der Waals surface area (Å²) in [5.74, 6) is -0.350. The Morgan fingerprint density at radius 1 is 1.67 bits per heavy atom. The average molecular weight is 275 g/mol. The van der Waals surface area contributed by atoms with Crippen LogP contribution < -0.4 is 15.5 Å². The van der Waals surface area contributed by atoms with Gasteiger partial charge in [0.25, 0.3) is 5.91 Å². The Bertz CT molecular complexity index is 428. The van der Waals surface area contributed by atoms with Crippen LogP contribution in [0.2, 0.25) is 0 Å². The van der Waals surface area contributed by atoms with Crippen LogP contribution in [0.4, 0.5) is 0 Å². The van der Waals surface area contributed by atoms with Gasteiger partial charge in [0.1, 0.15) is 0 Å². The van der Waals surface area contributed by atoms with Crippen LogP contribution in [0.25, 0.3) is 0 Å². The number of aromatic amines is 1. The highest BCUT2D eigenvalue weighted by Crippen LogP contribution is 2.13. The Hall–Kier alpha value is -1.30. The van der Waals surface area contributed by atoms with E-state index in [2.05, 4.69) is 26.2 Å². The molecule has 1 aromatic rings. The third-order valence-corrected chi connectivity index (χ3v) is 2.15. The lowest BCUT2D eigenvalue weighted by atomic mass is 10.3. The molecule has 0 aliphatic rings. The smallest absolute Gasteiger partial charge is 0.271 e. The number of hydrogen-bond donors (Lipinski definition) is 2. The normalized spacial score (nSPS) is 9.80. The number of pyridine rings is 1. The Balaban J connectivity index is 3.26. The van der Waals surface area contributed by atoms with E-state index in [1.165, 1.54) is 13.2 Å². The molecule has 1 amide bonds. The number of methoxy groups -OCH3 is 1. The van der Waals surface area contributed by atoms with E-state index in [1.807, 2.05) is 0 Å². The molecule has 0 atom stereocenters. The van der Waals surface area contributed by atoms with Gasteiger partial charge in [-0.15, -0.1) is 0 Å². The van der Waals surface area contributed by atoms with Gasteiger partial charge in [-0.2, -0.15) is 0 Å². The van der Waals surface area contributed by atoms with E-state index in [0.29, 0.717) is 11.1 Å². The van der Waals surface area contributed by atoms with Crippen LogP contribution >= 0.6 is 15.9 Å². The van der Waals surface area contributed by atoms with Crippen LogP contribution in [-0.4, -0.2) is 24.5 Å². The Morgan fingerprint density at radius 3 is 2.87 bits per heavy atom. The molecule has 0 radical (unpaired) electrons. The van der Waals surface area contributed by atoms with Crippen LogP contribution in [0.15, 0.2) is 15.5 Å². The van der Waals surface area contributed by atoms with Gasteiger partial charge < -0.3 is 15.0 Å². The minimum Gasteiger partial charge on any atom is -0.491 e. The predicted molar refractivity (Wildman–Crippen MR) is 59.3 cm³/mol. The quantitative estimate of drug-likeness (QED) is 0.805. The van der Waals surface area contributed by atoms with E-state index < -0.39 is 0 Å². The zero-order valence-corrected chi connectivity index (χ0v) is 9.97. The maximum atomic E-state index is 11.5. The number of hydrogen-bond acceptors (Lipinski definition) is 3. The standard InChI is InChI=1S/C9H11BrN2O3/c1-3-11-9(14)7-8(15-2)5(13)4-6(10)12-7/h4H,3H2,1-2H3,(H,11,14)(H,12,13). The van der Waals surface area contributed by atoms with Crippen molar-refractivity contribution >= 4 is 21.8 Å². The summed E-state index contributed by atoms with van der Waals surface area (Å²) >= 11 is 3.10. The van der Waals surface area contributed by atoms with Crippen molar-refractivity contribution in [1.29, 1.82) is 0 Å². The van der Waals surface area contributed by atoms with Gasteiger partial charge in [0.05, 0.1) is 11.7 Å². The molecule has 5 nitrogen and oxygen atoms in total. The van der Waals surface area contributed by atoms with Crippen LogP contribution in [0.1, 0.15) is 17.4 Å². The largest absolute Gasteiger partial charge is 0.491 e. The van der Waals surface area contributed by atoms with Crippen LogP contribution in [0.5, 0.6) is 5.75 Å². The van der Waals surface area contributed by atoms with Crippen molar-refractivity contribution in [1.82, 2.24) is 10.3 Å². The Kier molecular flexibility index (Phi) is 3.90. The van der Waals surface area contributed by atoms with E-state index >= 15 is 0 Å². The van der Waals surface area contributed by atoms with Crippen LogP contribution in [-0.2, 0) is 0 Å². The van der Waals surface area contributed by atoms with E-state index in [4.69, 9.17) is 4.74 Å². The molecule has 0 saturated heterocycles. The molecule has 15 heavy (non-hydrogen) atoms. The summed E-state index contributed by atoms with van der Waals surface area (Å²) in [5, 5.41) is 2.58. The molecular weight excluding hydrogens is 264 g/mol. The molecular formula is C9H11BrN2O3. The Morgan fingerprint density at radius 2 is 2.33 bits per heavy atom. The topological polar surface area (TPSA) is 71.2 Å². The van der Waals surface area contributed by atoms with Gasteiger partial charge in [-0.05, 0) is 22.9 Å². The first-order valence-corrected chi connectivity index (χ1v) is 5.14. The number of H-pyrrole nitrogens is 1. The van der Waals surface area contributed by atoms with Crippen molar-refractivity contribution in [2.75, 3.05) is 13.7 Å². The van der Waals surface area contributed by atoms with Crippen molar-refractivity contribution < 1.29 is 9.53 Å². The van der Waals surface area contributed by atoms with E-state index in [0.717, 1.165) is 0 Å². The summed E-state index contributed by atoms with van der Waals surface area (Å²) in [5.41, 5.74) is -0.219. The highest BCUT2D eigenvalue weighted by molar-refractivity contribution is 9.10. The van der Waals surface area contributed by atoms with Crippen molar-refractivity contribution in [2.45, 2.75) is 6.92 Å². The lowest BCUT2D eigenvalue weighted by Gasteiger charge is -2.07. The minimum absolute atomic E-state index is 0.0177. The number of carbonyl (C=O) groups excluding carboxylic acids is 1. The molecule has 0 fully saturated rings. The summed E-state index contributed by atoms with van der Waals surface area (Å²) < 4.78 is 5.31. The monoisotopic (exact) mass is 274 g/mol. The summed E-state index contributed by atoms with van der Waals surface area (Å²) in [7, 11) is 1.35. The molecule has 0 bridgehead atoms. The zero-order chi connectivity index (χ0) is 11.4. The lowest BCUT2D eigenvalue weighted by Crippen LogP contribution is -2.26. The van der Waals surface area contributed by atoms with Crippen molar-refractivity contribution in [3.63, 3.8) is 0 Å². The lowest BCUT2D eigenvalue weighted by molar-refractivity contribution is 0.0947. The van der Waals surface area contributed by atoms with Crippen LogP contribution in [0.3, 0.4) is 0 Å². The fourth-order valence-electron chi connectivity index (χ4n) is 1.13. The molecule has 1 heterocycles. The Labute approximate surface area is 95.0 Å². The SMILES string of the molecule is CCNC(=O)c1[nH]c(Br)cc(=O)c1OC. The minimum atomic E-state index is -0.368. The highest BCUT2D eigenvalue weighted by atomic mass is 79.9. The molecule has 1 aromatic heterocycles. The summed E-state index contributed by atoms with van der Waals surface area (Å²) in [6.07, 6.45) is 0. The van der Waals surface area contributed by atoms with Crippen molar-refractivity contribution in [3.8, 4) is 5.75 Å². The molecule has 0 saturated carbocycles. The average Bonchev–Trinajstić information content (AvgIpc) is 2.17. The highest BCUT2D eigenvalue weighted by Gasteiger charge is 2.15. The molecule has 0 unspecified atom stereocenters. The van der Waals surface area contributed by atoms with E-state index in [9.17, 15) is 9.59 Å². The first-order chi connectivity index (χ1) is 7.10. The second-order valence-electron chi connectivity index (χ2n) is 2.75. The van der Waals surface area contributed by atoms with Gasteiger partial charge in [0, 0.05) is 12.6 Å². The van der Waals surface area contributed by atoms with E-state index in [1.54, 1.807) is 6.92 Å². The summed E-state index contributed by atoms with van der Waals surface area (Å²) in [4.78, 5) is 25.7. The third kappa shape index (κ3) is 2.59. The van der Waals surface area contributed by atoms with Gasteiger partial charge in [-0.25, -0.2) is 0 Å². The predicted octanol–water partition coefficient (Wildman–Crippen LogP) is 0.896. The fourth-order valence-corrected chi connectivity index (χ4v) is 1.53. The van der Waals surface area contributed by atoms with Gasteiger partial charge in [-0.3, -0.25) is 9.59 Å². The van der Waals surface area contributed by atoms with Gasteiger partial charge in [-0.1, -0.05) is 0 Å². The second-order valence-corrected chi connectivity index (χ2v) is 3.60. The third-order valence-electron chi connectivity index (χ3n) is 1.72. The van der Waals surface area contributed by atoms with Gasteiger partial charge in [0.15, 0.2) is 11.4 Å². The first kappa shape index (κ1) is 11.8. The zero-order valence-electron chi connectivity index (χ0n) is 8.39. The number of nitrogens with one attached hydrogen (secondary N) is 2. The second kappa shape index (κ2) is 4.97. The maximum Gasteiger partial charge on any atom is 0.271 e. The summed E-state index contributed by atoms with van der Waals surface area (Å²) in [6, 6.07) is 1.31. The molecule has 0 spiro atoms. The number of rotatable bonds is 3. The number of carbonyl (C=O) groups is 1. The molecule has 82 valence electrons. The first-order valence-electron chi connectivity index (χ1n) is 4.35. The van der Waals surface area contributed by atoms with Gasteiger partial charge >= 0.3 is 0 Å². The number of amides is 1. The molecule has 1 rings (SSSR count). The number of halogens is 1. The fraction of sp³-hybridized carbons (Fsp3) is 0.333. The van der Waals surface area contributed by atoms with Crippen molar-refractivity contribution in [2.24, 2.45) is 0 Å². The molecule has 0 aliphatic heterocycles. The van der Waals surface area contributed by atoms with E-state index in [-0.39, 0.29) is 22.8 Å². The van der Waals surface area contributed by atoms with Crippen molar-refractivity contribution in [3.05, 3.63) is 26.6 Å². The number of aromatic nitrogens is 1. The maximum absolute atomic E-state index is 11.5. The molecule has 0 aliphatic carbocycles. The molecule has 6 heteroatoms. The van der Waals surface area contributed by atoms with Crippen LogP contribution in [0, 0.1) is 0 Å². The number of ether oxygens (including phenoxy) is 1. The molecule has 0 aromatic carbocycles.